The first-order valence-corrected chi connectivity index (χ1v) is 7.72. The zero-order valence-corrected chi connectivity index (χ0v) is 11.7. The summed E-state index contributed by atoms with van der Waals surface area (Å²) in [4.78, 5) is 28.7. The van der Waals surface area contributed by atoms with Gasteiger partial charge in [0.2, 0.25) is 0 Å². The van der Waals surface area contributed by atoms with Crippen molar-refractivity contribution >= 4 is 11.6 Å². The molecule has 19 heavy (non-hydrogen) atoms. The number of rotatable bonds is 0. The van der Waals surface area contributed by atoms with Crippen LogP contribution in [0.2, 0.25) is 0 Å². The maximum Gasteiger partial charge on any atom is 0.154 e. The SMILES string of the molecule is O=C1CCCCCCC2ON2CCCC(=O)CCC1. The fourth-order valence-electron chi connectivity index (χ4n) is 2.68. The standard InChI is InChI=1S/C15H25NO3/c17-13-7-3-1-2-4-11-15-16(19-15)12-6-10-14(18)9-5-8-13/h15H,1-12H2. The Balaban J connectivity index is 1.71. The molecule has 2 aliphatic rings. The van der Waals surface area contributed by atoms with Gasteiger partial charge in [0.15, 0.2) is 6.23 Å². The quantitative estimate of drug-likeness (QED) is 0.633. The van der Waals surface area contributed by atoms with E-state index in [0.717, 1.165) is 38.6 Å². The van der Waals surface area contributed by atoms with Gasteiger partial charge < -0.3 is 0 Å². The lowest BCUT2D eigenvalue weighted by Gasteiger charge is -2.04. The highest BCUT2D eigenvalue weighted by molar-refractivity contribution is 5.81. The van der Waals surface area contributed by atoms with Crippen molar-refractivity contribution < 1.29 is 14.4 Å². The summed E-state index contributed by atoms with van der Waals surface area (Å²) in [6.07, 6.45) is 9.98. The Morgan fingerprint density at radius 1 is 0.789 bits per heavy atom. The van der Waals surface area contributed by atoms with Crippen LogP contribution in [0, 0.1) is 0 Å². The van der Waals surface area contributed by atoms with E-state index < -0.39 is 0 Å². The predicted octanol–water partition coefficient (Wildman–Crippen LogP) is 3.00. The summed E-state index contributed by atoms with van der Waals surface area (Å²) in [5, 5.41) is 2.00. The molecule has 0 radical (unpaired) electrons. The third-order valence-electron chi connectivity index (χ3n) is 3.93. The summed E-state index contributed by atoms with van der Waals surface area (Å²) in [6, 6.07) is 0. The molecule has 0 spiro atoms. The molecule has 2 saturated heterocycles. The molecule has 2 rings (SSSR count). The largest absolute Gasteiger partial charge is 0.300 e. The Morgan fingerprint density at radius 3 is 2.21 bits per heavy atom. The van der Waals surface area contributed by atoms with Crippen LogP contribution < -0.4 is 0 Å². The summed E-state index contributed by atoms with van der Waals surface area (Å²) in [5.74, 6) is 0.620. The summed E-state index contributed by atoms with van der Waals surface area (Å²) >= 11 is 0. The number of ketones is 2. The Hall–Kier alpha value is -0.740. The van der Waals surface area contributed by atoms with Gasteiger partial charge in [0, 0.05) is 32.2 Å². The number of hydroxylamine groups is 2. The molecule has 0 bridgehead atoms. The van der Waals surface area contributed by atoms with Crippen LogP contribution in [-0.4, -0.2) is 29.4 Å². The van der Waals surface area contributed by atoms with E-state index in [-0.39, 0.29) is 0 Å². The summed E-state index contributed by atoms with van der Waals surface area (Å²) in [7, 11) is 0. The van der Waals surface area contributed by atoms with Crippen molar-refractivity contribution in [1.29, 1.82) is 0 Å². The minimum absolute atomic E-state index is 0.290. The molecule has 108 valence electrons. The maximum atomic E-state index is 11.6. The van der Waals surface area contributed by atoms with Crippen molar-refractivity contribution in [2.75, 3.05) is 6.54 Å². The van der Waals surface area contributed by atoms with Crippen molar-refractivity contribution in [2.45, 2.75) is 76.9 Å². The monoisotopic (exact) mass is 267 g/mol. The van der Waals surface area contributed by atoms with Gasteiger partial charge in [-0.3, -0.25) is 14.4 Å². The van der Waals surface area contributed by atoms with E-state index in [9.17, 15) is 9.59 Å². The highest BCUT2D eigenvalue weighted by atomic mass is 16.8. The summed E-state index contributed by atoms with van der Waals surface area (Å²) < 4.78 is 0. The number of nitrogens with zero attached hydrogens (tertiary/aromatic N) is 1. The molecule has 2 aliphatic heterocycles. The van der Waals surface area contributed by atoms with Crippen LogP contribution in [0.25, 0.3) is 0 Å². The Kier molecular flexibility index (Phi) is 5.98. The van der Waals surface area contributed by atoms with Crippen molar-refractivity contribution in [3.63, 3.8) is 0 Å². The van der Waals surface area contributed by atoms with E-state index in [1.54, 1.807) is 0 Å². The van der Waals surface area contributed by atoms with Crippen molar-refractivity contribution in [3.05, 3.63) is 0 Å². The lowest BCUT2D eigenvalue weighted by atomic mass is 10.0. The van der Waals surface area contributed by atoms with Crippen LogP contribution in [0.1, 0.15) is 70.6 Å². The minimum Gasteiger partial charge on any atom is -0.300 e. The fraction of sp³-hybridized carbons (Fsp3) is 0.867. The van der Waals surface area contributed by atoms with Crippen molar-refractivity contribution in [1.82, 2.24) is 5.06 Å². The zero-order valence-electron chi connectivity index (χ0n) is 11.7. The fourth-order valence-corrected chi connectivity index (χ4v) is 2.68. The van der Waals surface area contributed by atoms with Gasteiger partial charge in [0.1, 0.15) is 11.6 Å². The molecule has 0 aromatic heterocycles. The molecule has 4 heteroatoms. The number of fused-ring (bicyclic) bond motifs is 1. The number of carbonyl (C=O) groups excluding carboxylic acids is 2. The average Bonchev–Trinajstić information content (AvgIpc) is 3.11. The van der Waals surface area contributed by atoms with Crippen molar-refractivity contribution in [3.8, 4) is 0 Å². The van der Waals surface area contributed by atoms with Crippen LogP contribution in [0.3, 0.4) is 0 Å². The van der Waals surface area contributed by atoms with E-state index >= 15 is 0 Å². The molecule has 0 amide bonds. The van der Waals surface area contributed by atoms with E-state index in [2.05, 4.69) is 0 Å². The van der Waals surface area contributed by atoms with E-state index in [4.69, 9.17) is 4.84 Å². The van der Waals surface area contributed by atoms with Crippen LogP contribution >= 0.6 is 0 Å². The maximum absolute atomic E-state index is 11.6. The highest BCUT2D eigenvalue weighted by Gasteiger charge is 2.34. The molecule has 2 atom stereocenters. The lowest BCUT2D eigenvalue weighted by Crippen LogP contribution is -2.08. The van der Waals surface area contributed by atoms with E-state index in [1.165, 1.54) is 12.8 Å². The second-order valence-electron chi connectivity index (χ2n) is 5.69. The third-order valence-corrected chi connectivity index (χ3v) is 3.93. The number of Topliss-reactive ketones (excluding diaryl/α,β-unsaturated/α-hetero) is 2. The second-order valence-corrected chi connectivity index (χ2v) is 5.69. The van der Waals surface area contributed by atoms with E-state index in [0.29, 0.717) is 43.5 Å². The summed E-state index contributed by atoms with van der Waals surface area (Å²) in [6.45, 7) is 0.870. The molecular weight excluding hydrogens is 242 g/mol. The van der Waals surface area contributed by atoms with Crippen LogP contribution in [0.15, 0.2) is 0 Å². The number of hydrogen-bond donors (Lipinski definition) is 0. The van der Waals surface area contributed by atoms with Crippen LogP contribution in [0.5, 0.6) is 0 Å². The topological polar surface area (TPSA) is 49.7 Å². The van der Waals surface area contributed by atoms with Gasteiger partial charge in [-0.25, -0.2) is 0 Å². The molecule has 0 saturated carbocycles. The lowest BCUT2D eigenvalue weighted by molar-refractivity contribution is -0.120. The minimum atomic E-state index is 0.290. The molecular formula is C15H25NO3. The predicted molar refractivity (Wildman–Crippen MR) is 72.4 cm³/mol. The first-order chi connectivity index (χ1) is 9.25. The van der Waals surface area contributed by atoms with Crippen LogP contribution in [0.4, 0.5) is 0 Å². The Morgan fingerprint density at radius 2 is 1.42 bits per heavy atom. The van der Waals surface area contributed by atoms with Gasteiger partial charge in [-0.1, -0.05) is 12.8 Å². The first kappa shape index (κ1) is 14.7. The van der Waals surface area contributed by atoms with Gasteiger partial charge in [0.05, 0.1) is 0 Å². The average molecular weight is 267 g/mol. The molecule has 0 aromatic carbocycles. The zero-order chi connectivity index (χ0) is 13.5. The molecule has 2 fully saturated rings. The molecule has 0 aromatic rings. The van der Waals surface area contributed by atoms with Gasteiger partial charge in [-0.2, -0.15) is 5.06 Å². The molecule has 0 aliphatic carbocycles. The third kappa shape index (κ3) is 5.83. The van der Waals surface area contributed by atoms with Crippen molar-refractivity contribution in [2.24, 2.45) is 0 Å². The van der Waals surface area contributed by atoms with E-state index in [1.807, 2.05) is 5.06 Å². The molecule has 2 heterocycles. The smallest absolute Gasteiger partial charge is 0.154 e. The normalized spacial score (nSPS) is 31.8. The Labute approximate surface area is 115 Å². The molecule has 4 nitrogen and oxygen atoms in total. The Bertz CT molecular complexity index is 317. The van der Waals surface area contributed by atoms with Gasteiger partial charge in [-0.05, 0) is 32.1 Å². The second kappa shape index (κ2) is 7.75. The van der Waals surface area contributed by atoms with Crippen LogP contribution in [-0.2, 0) is 14.4 Å². The van der Waals surface area contributed by atoms with Gasteiger partial charge in [-0.15, -0.1) is 0 Å². The van der Waals surface area contributed by atoms with Gasteiger partial charge >= 0.3 is 0 Å². The molecule has 2 unspecified atom stereocenters. The number of carbonyl (C=O) groups is 2. The number of hydrogen-bond acceptors (Lipinski definition) is 4. The van der Waals surface area contributed by atoms with Gasteiger partial charge in [0.25, 0.3) is 0 Å². The summed E-state index contributed by atoms with van der Waals surface area (Å²) in [5.41, 5.74) is 0. The molecule has 0 N–H and O–H groups in total. The first-order valence-electron chi connectivity index (χ1n) is 7.72. The highest BCUT2D eigenvalue weighted by Crippen LogP contribution is 2.26.